The first-order chi connectivity index (χ1) is 9.37. The van der Waals surface area contributed by atoms with E-state index in [0.717, 1.165) is 32.0 Å². The zero-order chi connectivity index (χ0) is 14.4. The van der Waals surface area contributed by atoms with Crippen LogP contribution in [0.3, 0.4) is 0 Å². The molecule has 2 heterocycles. The van der Waals surface area contributed by atoms with Gasteiger partial charge >= 0.3 is 6.09 Å². The van der Waals surface area contributed by atoms with E-state index in [1.165, 1.54) is 32.4 Å². The van der Waals surface area contributed by atoms with Crippen LogP contribution in [0.25, 0.3) is 0 Å². The zero-order valence-electron chi connectivity index (χ0n) is 13.2. The summed E-state index contributed by atoms with van der Waals surface area (Å²) < 4.78 is 5.46. The molecular weight excluding hydrogens is 252 g/mol. The van der Waals surface area contributed by atoms with Crippen molar-refractivity contribution in [1.82, 2.24) is 9.80 Å². The fourth-order valence-electron chi connectivity index (χ4n) is 3.80. The molecule has 0 aromatic heterocycles. The zero-order valence-corrected chi connectivity index (χ0v) is 13.2. The average molecular weight is 280 g/mol. The molecule has 0 unspecified atom stereocenters. The Bertz CT molecular complexity index is 368. The van der Waals surface area contributed by atoms with Gasteiger partial charge in [0.2, 0.25) is 0 Å². The van der Waals surface area contributed by atoms with E-state index in [1.807, 2.05) is 25.7 Å². The summed E-state index contributed by atoms with van der Waals surface area (Å²) in [5.41, 5.74) is 0.157. The third kappa shape index (κ3) is 2.80. The molecule has 114 valence electrons. The van der Waals surface area contributed by atoms with Crippen molar-refractivity contribution in [2.24, 2.45) is 5.41 Å². The van der Waals surface area contributed by atoms with Crippen LogP contribution >= 0.6 is 0 Å². The summed E-state index contributed by atoms with van der Waals surface area (Å²) in [4.78, 5) is 16.6. The third-order valence-electron chi connectivity index (χ3n) is 5.22. The van der Waals surface area contributed by atoms with Gasteiger partial charge in [-0.05, 0) is 71.4 Å². The second kappa shape index (κ2) is 4.90. The predicted molar refractivity (Wildman–Crippen MR) is 78.7 cm³/mol. The number of piperidine rings is 1. The van der Waals surface area contributed by atoms with E-state index in [0.29, 0.717) is 5.41 Å². The highest BCUT2D eigenvalue weighted by Gasteiger charge is 2.49. The molecule has 20 heavy (non-hydrogen) atoms. The molecule has 3 rings (SSSR count). The average Bonchev–Trinajstić information content (AvgIpc) is 2.23. The standard InChI is InChI=1S/C16H28N2O2/c1-15(2,3)20-14(19)18-9-5-16(6-10-18)11-13(12-16)17-7-4-8-17/h13H,4-12H2,1-3H3. The Hall–Kier alpha value is -0.770. The number of amides is 1. The highest BCUT2D eigenvalue weighted by molar-refractivity contribution is 5.68. The molecule has 0 radical (unpaired) electrons. The number of hydrogen-bond donors (Lipinski definition) is 0. The molecule has 1 spiro atoms. The van der Waals surface area contributed by atoms with Gasteiger partial charge < -0.3 is 14.5 Å². The quantitative estimate of drug-likeness (QED) is 0.740. The smallest absolute Gasteiger partial charge is 0.410 e. The second-order valence-electron chi connectivity index (χ2n) is 7.92. The summed E-state index contributed by atoms with van der Waals surface area (Å²) in [6, 6.07) is 0.844. The number of rotatable bonds is 1. The highest BCUT2D eigenvalue weighted by Crippen LogP contribution is 2.51. The van der Waals surface area contributed by atoms with Crippen molar-refractivity contribution in [3.63, 3.8) is 0 Å². The Labute approximate surface area is 122 Å². The van der Waals surface area contributed by atoms with E-state index in [9.17, 15) is 4.79 Å². The minimum Gasteiger partial charge on any atom is -0.444 e. The maximum atomic E-state index is 12.1. The van der Waals surface area contributed by atoms with E-state index in [1.54, 1.807) is 0 Å². The number of carbonyl (C=O) groups excluding carboxylic acids is 1. The molecule has 3 fully saturated rings. The van der Waals surface area contributed by atoms with Gasteiger partial charge in [-0.1, -0.05) is 0 Å². The van der Waals surface area contributed by atoms with Crippen molar-refractivity contribution in [3.8, 4) is 0 Å². The Morgan fingerprint density at radius 2 is 1.70 bits per heavy atom. The third-order valence-corrected chi connectivity index (χ3v) is 5.22. The van der Waals surface area contributed by atoms with E-state index >= 15 is 0 Å². The van der Waals surface area contributed by atoms with Gasteiger partial charge in [-0.3, -0.25) is 0 Å². The summed E-state index contributed by atoms with van der Waals surface area (Å²) in [5.74, 6) is 0. The van der Waals surface area contributed by atoms with Crippen molar-refractivity contribution in [2.45, 2.75) is 64.5 Å². The first-order valence-electron chi connectivity index (χ1n) is 8.09. The Morgan fingerprint density at radius 1 is 1.10 bits per heavy atom. The monoisotopic (exact) mass is 280 g/mol. The Kier molecular flexibility index (Phi) is 3.47. The van der Waals surface area contributed by atoms with Gasteiger partial charge in [0.15, 0.2) is 0 Å². The lowest BCUT2D eigenvalue weighted by Gasteiger charge is -2.57. The van der Waals surface area contributed by atoms with Gasteiger partial charge in [0.25, 0.3) is 0 Å². The van der Waals surface area contributed by atoms with Crippen LogP contribution in [-0.4, -0.2) is 53.7 Å². The van der Waals surface area contributed by atoms with Crippen molar-refractivity contribution < 1.29 is 9.53 Å². The van der Waals surface area contributed by atoms with Gasteiger partial charge in [-0.15, -0.1) is 0 Å². The van der Waals surface area contributed by atoms with E-state index in [4.69, 9.17) is 4.74 Å². The summed E-state index contributed by atoms with van der Waals surface area (Å²) >= 11 is 0. The predicted octanol–water partition coefficient (Wildman–Crippen LogP) is 2.87. The molecule has 4 heteroatoms. The largest absolute Gasteiger partial charge is 0.444 e. The first-order valence-corrected chi connectivity index (χ1v) is 8.09. The van der Waals surface area contributed by atoms with Crippen molar-refractivity contribution in [1.29, 1.82) is 0 Å². The summed E-state index contributed by atoms with van der Waals surface area (Å²) in [5, 5.41) is 0. The summed E-state index contributed by atoms with van der Waals surface area (Å²) in [6.45, 7) is 10.2. The molecule has 3 aliphatic rings. The fourth-order valence-corrected chi connectivity index (χ4v) is 3.80. The molecule has 1 saturated carbocycles. The molecule has 0 atom stereocenters. The van der Waals surface area contributed by atoms with E-state index in [-0.39, 0.29) is 11.7 Å². The van der Waals surface area contributed by atoms with E-state index in [2.05, 4.69) is 4.90 Å². The molecule has 4 nitrogen and oxygen atoms in total. The molecule has 2 saturated heterocycles. The molecule has 1 amide bonds. The van der Waals surface area contributed by atoms with E-state index < -0.39 is 0 Å². The van der Waals surface area contributed by atoms with Crippen LogP contribution in [0.1, 0.15) is 52.9 Å². The number of carbonyl (C=O) groups is 1. The SMILES string of the molecule is CC(C)(C)OC(=O)N1CCC2(CC1)CC(N1CCC1)C2. The minimum atomic E-state index is -0.384. The summed E-state index contributed by atoms with van der Waals surface area (Å²) in [7, 11) is 0. The molecule has 1 aliphatic carbocycles. The number of ether oxygens (including phenoxy) is 1. The first kappa shape index (κ1) is 14.2. The van der Waals surface area contributed by atoms with Gasteiger partial charge in [0.05, 0.1) is 0 Å². The number of likely N-dealkylation sites (tertiary alicyclic amines) is 2. The molecular formula is C16H28N2O2. The lowest BCUT2D eigenvalue weighted by atomic mass is 9.59. The number of nitrogens with zero attached hydrogens (tertiary/aromatic N) is 2. The van der Waals surface area contributed by atoms with Crippen LogP contribution in [0.2, 0.25) is 0 Å². The van der Waals surface area contributed by atoms with Crippen LogP contribution in [-0.2, 0) is 4.74 Å². The lowest BCUT2D eigenvalue weighted by molar-refractivity contribution is -0.0639. The molecule has 0 aromatic carbocycles. The van der Waals surface area contributed by atoms with Crippen LogP contribution in [0.4, 0.5) is 4.79 Å². The maximum absolute atomic E-state index is 12.1. The van der Waals surface area contributed by atoms with Gasteiger partial charge in [0, 0.05) is 19.1 Å². The highest BCUT2D eigenvalue weighted by atomic mass is 16.6. The fraction of sp³-hybridized carbons (Fsp3) is 0.938. The van der Waals surface area contributed by atoms with Crippen LogP contribution in [0.15, 0.2) is 0 Å². The molecule has 0 bridgehead atoms. The molecule has 0 N–H and O–H groups in total. The van der Waals surface area contributed by atoms with Crippen molar-refractivity contribution in [2.75, 3.05) is 26.2 Å². The maximum Gasteiger partial charge on any atom is 0.410 e. The Balaban J connectivity index is 1.44. The topological polar surface area (TPSA) is 32.8 Å². The van der Waals surface area contributed by atoms with Gasteiger partial charge in [-0.2, -0.15) is 0 Å². The second-order valence-corrected chi connectivity index (χ2v) is 7.92. The van der Waals surface area contributed by atoms with Crippen molar-refractivity contribution >= 4 is 6.09 Å². The van der Waals surface area contributed by atoms with Crippen LogP contribution < -0.4 is 0 Å². The van der Waals surface area contributed by atoms with Gasteiger partial charge in [-0.25, -0.2) is 4.79 Å². The van der Waals surface area contributed by atoms with Crippen LogP contribution in [0.5, 0.6) is 0 Å². The summed E-state index contributed by atoms with van der Waals surface area (Å²) in [6.07, 6.45) is 6.29. The Morgan fingerprint density at radius 3 is 2.15 bits per heavy atom. The lowest BCUT2D eigenvalue weighted by Crippen LogP contribution is -2.58. The normalized spacial score (nSPS) is 27.1. The molecule has 2 aliphatic heterocycles. The van der Waals surface area contributed by atoms with Gasteiger partial charge in [0.1, 0.15) is 5.60 Å². The minimum absolute atomic E-state index is 0.133. The van der Waals surface area contributed by atoms with Crippen LogP contribution in [0, 0.1) is 5.41 Å². The van der Waals surface area contributed by atoms with Crippen molar-refractivity contribution in [3.05, 3.63) is 0 Å². The number of hydrogen-bond acceptors (Lipinski definition) is 3. The molecule has 0 aromatic rings.